The monoisotopic (exact) mass is 316 g/mol. The molecule has 0 unspecified atom stereocenters. The fourth-order valence-electron chi connectivity index (χ4n) is 3.74. The molecule has 2 fully saturated rings. The Kier molecular flexibility index (Phi) is 5.13. The van der Waals surface area contributed by atoms with Crippen LogP contribution in [0.1, 0.15) is 56.3 Å². The number of carbonyl (C=O) groups excluding carboxylic acids is 1. The van der Waals surface area contributed by atoms with Crippen molar-refractivity contribution in [1.29, 1.82) is 0 Å². The predicted octanol–water partition coefficient (Wildman–Crippen LogP) is 2.76. The molecule has 0 bridgehead atoms. The molecule has 0 radical (unpaired) electrons. The largest absolute Gasteiger partial charge is 0.355 e. The maximum atomic E-state index is 12.4. The van der Waals surface area contributed by atoms with Gasteiger partial charge in [0.25, 0.3) is 0 Å². The van der Waals surface area contributed by atoms with Gasteiger partial charge in [0.05, 0.1) is 11.4 Å². The summed E-state index contributed by atoms with van der Waals surface area (Å²) in [5.41, 5.74) is 1.94. The lowest BCUT2D eigenvalue weighted by atomic mass is 9.88. The highest BCUT2D eigenvalue weighted by molar-refractivity contribution is 5.79. The lowest BCUT2D eigenvalue weighted by Gasteiger charge is -2.34. The first kappa shape index (κ1) is 16.2. The summed E-state index contributed by atoms with van der Waals surface area (Å²) in [5, 5.41) is 3.28. The van der Waals surface area contributed by atoms with Crippen LogP contribution in [0.25, 0.3) is 0 Å². The van der Waals surface area contributed by atoms with E-state index in [2.05, 4.69) is 20.2 Å². The Morgan fingerprint density at radius 3 is 2.52 bits per heavy atom. The first-order chi connectivity index (χ1) is 11.1. The number of hydrogen-bond donors (Lipinski definition) is 1. The first-order valence-corrected chi connectivity index (χ1v) is 8.99. The zero-order valence-electron chi connectivity index (χ0n) is 14.3. The van der Waals surface area contributed by atoms with Gasteiger partial charge in [-0.05, 0) is 39.5 Å². The summed E-state index contributed by atoms with van der Waals surface area (Å²) in [6.45, 7) is 5.87. The lowest BCUT2D eigenvalue weighted by molar-refractivity contribution is -0.126. The minimum absolute atomic E-state index is 0.256. The molecule has 5 nitrogen and oxygen atoms in total. The van der Waals surface area contributed by atoms with Gasteiger partial charge in [-0.1, -0.05) is 19.3 Å². The minimum atomic E-state index is 0.256. The highest BCUT2D eigenvalue weighted by Crippen LogP contribution is 2.25. The zero-order valence-corrected chi connectivity index (χ0v) is 14.3. The summed E-state index contributed by atoms with van der Waals surface area (Å²) >= 11 is 0. The van der Waals surface area contributed by atoms with Crippen LogP contribution in [0.4, 0.5) is 5.82 Å². The molecule has 0 spiro atoms. The number of piperidine rings is 1. The van der Waals surface area contributed by atoms with E-state index >= 15 is 0 Å². The molecule has 5 heteroatoms. The molecule has 126 valence electrons. The Morgan fingerprint density at radius 2 is 1.83 bits per heavy atom. The zero-order chi connectivity index (χ0) is 16.2. The van der Waals surface area contributed by atoms with Crippen LogP contribution in [0.5, 0.6) is 0 Å². The first-order valence-electron chi connectivity index (χ1n) is 8.99. The maximum absolute atomic E-state index is 12.4. The van der Waals surface area contributed by atoms with E-state index in [0.29, 0.717) is 6.04 Å². The summed E-state index contributed by atoms with van der Waals surface area (Å²) in [6.07, 6.45) is 9.66. The third kappa shape index (κ3) is 4.01. The van der Waals surface area contributed by atoms with Crippen molar-refractivity contribution in [2.45, 2.75) is 64.8 Å². The highest BCUT2D eigenvalue weighted by atomic mass is 16.1. The van der Waals surface area contributed by atoms with Gasteiger partial charge in [0.2, 0.25) is 5.91 Å². The van der Waals surface area contributed by atoms with Crippen molar-refractivity contribution in [1.82, 2.24) is 15.3 Å². The van der Waals surface area contributed by atoms with Gasteiger partial charge in [-0.15, -0.1) is 0 Å². The average Bonchev–Trinajstić information content (AvgIpc) is 2.58. The normalized spacial score (nSPS) is 20.5. The smallest absolute Gasteiger partial charge is 0.223 e. The lowest BCUT2D eigenvalue weighted by Crippen LogP contribution is -2.47. The van der Waals surface area contributed by atoms with Gasteiger partial charge < -0.3 is 10.2 Å². The van der Waals surface area contributed by atoms with E-state index in [4.69, 9.17) is 0 Å². The summed E-state index contributed by atoms with van der Waals surface area (Å²) in [5.74, 6) is 1.54. The number of carbonyl (C=O) groups is 1. The van der Waals surface area contributed by atoms with E-state index in [1.165, 1.54) is 19.3 Å². The molecule has 2 heterocycles. The van der Waals surface area contributed by atoms with Crippen LogP contribution in [0.3, 0.4) is 0 Å². The quantitative estimate of drug-likeness (QED) is 0.931. The molecule has 23 heavy (non-hydrogen) atoms. The standard InChI is InChI=1S/C18H28N4O/c1-13-12-19-14(2)17(20-13)22-10-8-16(9-11-22)21-18(23)15-6-4-3-5-7-15/h12,15-16H,3-11H2,1-2H3,(H,21,23). The molecule has 1 aromatic heterocycles. The van der Waals surface area contributed by atoms with Crippen molar-refractivity contribution < 1.29 is 4.79 Å². The number of nitrogens with zero attached hydrogens (tertiary/aromatic N) is 3. The number of anilines is 1. The summed E-state index contributed by atoms with van der Waals surface area (Å²) in [6, 6.07) is 0.318. The van der Waals surface area contributed by atoms with Crippen LogP contribution in [0.15, 0.2) is 6.20 Å². The van der Waals surface area contributed by atoms with E-state index in [1.54, 1.807) is 0 Å². The third-order valence-electron chi connectivity index (χ3n) is 5.17. The summed E-state index contributed by atoms with van der Waals surface area (Å²) in [7, 11) is 0. The fraction of sp³-hybridized carbons (Fsp3) is 0.722. The number of rotatable bonds is 3. The van der Waals surface area contributed by atoms with E-state index in [-0.39, 0.29) is 11.8 Å². The van der Waals surface area contributed by atoms with Crippen molar-refractivity contribution in [3.05, 3.63) is 17.6 Å². The molecule has 0 aromatic carbocycles. The average molecular weight is 316 g/mol. The molecule has 1 aliphatic heterocycles. The number of hydrogen-bond acceptors (Lipinski definition) is 4. The SMILES string of the molecule is Cc1cnc(C)c(N2CCC(NC(=O)C3CCCCC3)CC2)n1. The van der Waals surface area contributed by atoms with Crippen LogP contribution in [-0.2, 0) is 4.79 Å². The van der Waals surface area contributed by atoms with Gasteiger partial charge in [-0.3, -0.25) is 9.78 Å². The molecule has 2 aliphatic rings. The number of aromatic nitrogens is 2. The molecular formula is C18H28N4O. The number of amides is 1. The molecule has 1 N–H and O–H groups in total. The summed E-state index contributed by atoms with van der Waals surface area (Å²) < 4.78 is 0. The van der Waals surface area contributed by atoms with Crippen molar-refractivity contribution in [3.8, 4) is 0 Å². The molecule has 1 amide bonds. The van der Waals surface area contributed by atoms with Gasteiger partial charge in [-0.2, -0.15) is 0 Å². The Balaban J connectivity index is 1.52. The highest BCUT2D eigenvalue weighted by Gasteiger charge is 2.26. The molecule has 1 aliphatic carbocycles. The van der Waals surface area contributed by atoms with Crippen LogP contribution in [0, 0.1) is 19.8 Å². The summed E-state index contributed by atoms with van der Waals surface area (Å²) in [4.78, 5) is 23.7. The number of aryl methyl sites for hydroxylation is 2. The van der Waals surface area contributed by atoms with Gasteiger partial charge in [0.15, 0.2) is 0 Å². The molecule has 3 rings (SSSR count). The van der Waals surface area contributed by atoms with E-state index < -0.39 is 0 Å². The van der Waals surface area contributed by atoms with Crippen LogP contribution >= 0.6 is 0 Å². The molecule has 1 aromatic rings. The van der Waals surface area contributed by atoms with Gasteiger partial charge in [0, 0.05) is 31.2 Å². The Labute approximate surface area is 138 Å². The van der Waals surface area contributed by atoms with Gasteiger partial charge in [-0.25, -0.2) is 4.98 Å². The third-order valence-corrected chi connectivity index (χ3v) is 5.17. The topological polar surface area (TPSA) is 58.1 Å². The molecule has 0 atom stereocenters. The van der Waals surface area contributed by atoms with Crippen LogP contribution in [0.2, 0.25) is 0 Å². The van der Waals surface area contributed by atoms with E-state index in [9.17, 15) is 4.79 Å². The second-order valence-electron chi connectivity index (χ2n) is 7.03. The van der Waals surface area contributed by atoms with Crippen LogP contribution < -0.4 is 10.2 Å². The predicted molar refractivity (Wildman–Crippen MR) is 91.5 cm³/mol. The Hall–Kier alpha value is -1.65. The molecular weight excluding hydrogens is 288 g/mol. The minimum Gasteiger partial charge on any atom is -0.355 e. The second-order valence-corrected chi connectivity index (χ2v) is 7.03. The van der Waals surface area contributed by atoms with Crippen molar-refractivity contribution in [2.75, 3.05) is 18.0 Å². The van der Waals surface area contributed by atoms with Crippen molar-refractivity contribution in [3.63, 3.8) is 0 Å². The molecule has 1 saturated heterocycles. The Morgan fingerprint density at radius 1 is 1.13 bits per heavy atom. The van der Waals surface area contributed by atoms with E-state index in [0.717, 1.165) is 56.0 Å². The van der Waals surface area contributed by atoms with Gasteiger partial charge >= 0.3 is 0 Å². The Bertz CT molecular complexity index is 546. The number of nitrogens with one attached hydrogen (secondary N) is 1. The van der Waals surface area contributed by atoms with Crippen molar-refractivity contribution in [2.24, 2.45) is 5.92 Å². The second kappa shape index (κ2) is 7.28. The van der Waals surface area contributed by atoms with Crippen LogP contribution in [-0.4, -0.2) is 35.0 Å². The van der Waals surface area contributed by atoms with E-state index in [1.807, 2.05) is 20.0 Å². The maximum Gasteiger partial charge on any atom is 0.223 e. The van der Waals surface area contributed by atoms with Crippen molar-refractivity contribution >= 4 is 11.7 Å². The molecule has 1 saturated carbocycles. The van der Waals surface area contributed by atoms with Gasteiger partial charge in [0.1, 0.15) is 5.82 Å². The fourth-order valence-corrected chi connectivity index (χ4v) is 3.74.